The second kappa shape index (κ2) is 5.89. The Bertz CT molecular complexity index is 1270. The molecule has 26 heavy (non-hydrogen) atoms. The molecular formula is C13H12N6O5S2. The lowest BCUT2D eigenvalue weighted by Crippen LogP contribution is -2.18. The second-order valence-corrected chi connectivity index (χ2v) is 7.90. The van der Waals surface area contributed by atoms with Gasteiger partial charge in [0, 0.05) is 0 Å². The van der Waals surface area contributed by atoms with Crippen LogP contribution in [0.15, 0.2) is 27.6 Å². The fraction of sp³-hybridized carbons (Fsp3) is 0.231. The lowest BCUT2D eigenvalue weighted by atomic mass is 10.4. The first-order chi connectivity index (χ1) is 12.3. The lowest BCUT2D eigenvalue weighted by Gasteiger charge is -2.04. The highest BCUT2D eigenvalue weighted by Crippen LogP contribution is 2.24. The van der Waals surface area contributed by atoms with Gasteiger partial charge >= 0.3 is 4.87 Å². The van der Waals surface area contributed by atoms with Crippen molar-refractivity contribution in [2.75, 3.05) is 18.6 Å². The van der Waals surface area contributed by atoms with Crippen LogP contribution in [-0.2, 0) is 20.8 Å². The van der Waals surface area contributed by atoms with Crippen LogP contribution in [0.3, 0.4) is 0 Å². The fourth-order valence-electron chi connectivity index (χ4n) is 2.45. The molecule has 4 aromatic rings. The molecule has 0 fully saturated rings. The van der Waals surface area contributed by atoms with Crippen LogP contribution in [0.25, 0.3) is 27.6 Å². The third kappa shape index (κ3) is 2.85. The molecule has 0 saturated heterocycles. The van der Waals surface area contributed by atoms with E-state index in [1.54, 1.807) is 12.1 Å². The maximum atomic E-state index is 12.3. The highest BCUT2D eigenvalue weighted by Gasteiger charge is 2.20. The van der Waals surface area contributed by atoms with Gasteiger partial charge in [0.15, 0.2) is 16.2 Å². The first-order valence-corrected chi connectivity index (χ1v) is 9.90. The molecule has 0 amide bonds. The van der Waals surface area contributed by atoms with E-state index in [9.17, 15) is 13.2 Å². The van der Waals surface area contributed by atoms with Crippen molar-refractivity contribution in [1.82, 2.24) is 24.1 Å². The van der Waals surface area contributed by atoms with E-state index in [1.807, 2.05) is 0 Å². The molecule has 11 nitrogen and oxygen atoms in total. The van der Waals surface area contributed by atoms with Crippen molar-refractivity contribution in [3.05, 3.63) is 28.1 Å². The summed E-state index contributed by atoms with van der Waals surface area (Å²) in [7, 11) is -3.61. The van der Waals surface area contributed by atoms with E-state index < -0.39 is 10.1 Å². The number of aromatic nitrogens is 5. The molecule has 2 N–H and O–H groups in total. The summed E-state index contributed by atoms with van der Waals surface area (Å²) in [6, 6.07) is 3.39. The minimum atomic E-state index is -3.61. The number of nitrogen functional groups attached to an aromatic ring is 1. The number of furan rings is 1. The molecule has 0 spiro atoms. The van der Waals surface area contributed by atoms with Gasteiger partial charge in [0.05, 0.1) is 25.7 Å². The van der Waals surface area contributed by atoms with Gasteiger partial charge in [0.2, 0.25) is 11.8 Å². The summed E-state index contributed by atoms with van der Waals surface area (Å²) in [6.07, 6.45) is 2.43. The molecule has 0 atom stereocenters. The Morgan fingerprint density at radius 2 is 2.19 bits per heavy atom. The van der Waals surface area contributed by atoms with Gasteiger partial charge in [-0.1, -0.05) is 11.3 Å². The summed E-state index contributed by atoms with van der Waals surface area (Å²) < 4.78 is 34.9. The summed E-state index contributed by atoms with van der Waals surface area (Å²) in [4.78, 5) is 20.9. The highest BCUT2D eigenvalue weighted by atomic mass is 32.2. The molecule has 4 rings (SSSR count). The quantitative estimate of drug-likeness (QED) is 0.471. The van der Waals surface area contributed by atoms with Crippen LogP contribution in [-0.4, -0.2) is 45.4 Å². The van der Waals surface area contributed by atoms with Crippen molar-refractivity contribution < 1.29 is 17.0 Å². The zero-order valence-electron chi connectivity index (χ0n) is 13.3. The monoisotopic (exact) mass is 396 g/mol. The Kier molecular flexibility index (Phi) is 3.78. The Morgan fingerprint density at radius 1 is 1.38 bits per heavy atom. The zero-order chi connectivity index (χ0) is 18.5. The van der Waals surface area contributed by atoms with Crippen LogP contribution in [0.4, 0.5) is 5.95 Å². The summed E-state index contributed by atoms with van der Waals surface area (Å²) >= 11 is 0.879. The van der Waals surface area contributed by atoms with Crippen molar-refractivity contribution in [3.63, 3.8) is 0 Å². The SMILES string of the molecule is CS(=O)(=O)OCCn1c(=O)sc2nc(N)n3nc(-c4ccco4)nc3c21. The average Bonchev–Trinajstić information content (AvgIpc) is 3.25. The third-order valence-electron chi connectivity index (χ3n) is 3.48. The van der Waals surface area contributed by atoms with Gasteiger partial charge in [-0.15, -0.1) is 5.10 Å². The second-order valence-electron chi connectivity index (χ2n) is 5.32. The van der Waals surface area contributed by atoms with E-state index in [1.165, 1.54) is 15.3 Å². The minimum absolute atomic E-state index is 0.0100. The zero-order valence-corrected chi connectivity index (χ0v) is 15.0. The molecule has 0 radical (unpaired) electrons. The first-order valence-electron chi connectivity index (χ1n) is 7.27. The van der Waals surface area contributed by atoms with Gasteiger partial charge in [-0.05, 0) is 12.1 Å². The summed E-state index contributed by atoms with van der Waals surface area (Å²) in [5, 5.41) is 4.26. The van der Waals surface area contributed by atoms with Crippen molar-refractivity contribution in [2.24, 2.45) is 0 Å². The number of rotatable bonds is 5. The Balaban J connectivity index is 1.88. The van der Waals surface area contributed by atoms with Crippen LogP contribution in [0, 0.1) is 0 Å². The normalized spacial score (nSPS) is 12.3. The molecule has 4 aromatic heterocycles. The molecule has 136 valence electrons. The molecular weight excluding hydrogens is 384 g/mol. The van der Waals surface area contributed by atoms with E-state index in [2.05, 4.69) is 15.1 Å². The molecule has 0 unspecified atom stereocenters. The van der Waals surface area contributed by atoms with Crippen LogP contribution >= 0.6 is 11.3 Å². The van der Waals surface area contributed by atoms with Gasteiger partial charge in [-0.3, -0.25) is 13.5 Å². The first kappa shape index (κ1) is 16.7. The number of nitrogens with two attached hydrogens (primary N) is 1. The molecule has 0 aliphatic carbocycles. The Morgan fingerprint density at radius 3 is 2.88 bits per heavy atom. The maximum Gasteiger partial charge on any atom is 0.309 e. The minimum Gasteiger partial charge on any atom is -0.461 e. The number of hydrogen-bond acceptors (Lipinski definition) is 10. The van der Waals surface area contributed by atoms with Crippen LogP contribution in [0.1, 0.15) is 0 Å². The maximum absolute atomic E-state index is 12.3. The predicted molar refractivity (Wildman–Crippen MR) is 93.3 cm³/mol. The predicted octanol–water partition coefficient (Wildman–Crippen LogP) is 0.319. The topological polar surface area (TPSA) is 148 Å². The van der Waals surface area contributed by atoms with Gasteiger partial charge < -0.3 is 10.2 Å². The Labute approximate surface area is 149 Å². The standard InChI is InChI=1S/C13H12N6O5S2/c1-26(21,22)24-6-4-18-8-10-15-9(7-3-2-5-23-7)17-19(10)12(14)16-11(8)25-13(18)20/h2-3,5H,4,6H2,1H3,(H2,14,16). The molecule has 13 heteroatoms. The van der Waals surface area contributed by atoms with Crippen LogP contribution < -0.4 is 10.6 Å². The van der Waals surface area contributed by atoms with Crippen molar-refractivity contribution in [1.29, 1.82) is 0 Å². The Hall–Kier alpha value is -2.77. The van der Waals surface area contributed by atoms with Gasteiger partial charge in [0.25, 0.3) is 10.1 Å². The molecule has 0 aliphatic rings. The van der Waals surface area contributed by atoms with E-state index in [-0.39, 0.29) is 29.8 Å². The molecule has 0 aromatic carbocycles. The number of thiazole rings is 1. The van der Waals surface area contributed by atoms with E-state index >= 15 is 0 Å². The summed E-state index contributed by atoms with van der Waals surface area (Å²) in [6.45, 7) is -0.184. The molecule has 0 aliphatic heterocycles. The van der Waals surface area contributed by atoms with E-state index in [4.69, 9.17) is 14.3 Å². The number of nitrogens with zero attached hydrogens (tertiary/aromatic N) is 5. The van der Waals surface area contributed by atoms with Crippen LogP contribution in [0.5, 0.6) is 0 Å². The highest BCUT2D eigenvalue weighted by molar-refractivity contribution is 7.85. The van der Waals surface area contributed by atoms with Crippen molar-refractivity contribution in [3.8, 4) is 11.6 Å². The van der Waals surface area contributed by atoms with Gasteiger partial charge in [0.1, 0.15) is 5.52 Å². The number of fused-ring (bicyclic) bond motifs is 3. The molecule has 0 saturated carbocycles. The lowest BCUT2D eigenvalue weighted by molar-refractivity contribution is 0.305. The van der Waals surface area contributed by atoms with Crippen molar-refractivity contribution in [2.45, 2.75) is 6.54 Å². The summed E-state index contributed by atoms with van der Waals surface area (Å²) in [5.74, 6) is 0.790. The average molecular weight is 396 g/mol. The van der Waals surface area contributed by atoms with E-state index in [0.29, 0.717) is 21.8 Å². The molecule has 0 bridgehead atoms. The fourth-order valence-corrected chi connectivity index (χ4v) is 3.73. The van der Waals surface area contributed by atoms with Gasteiger partial charge in [-0.25, -0.2) is 9.97 Å². The summed E-state index contributed by atoms with van der Waals surface area (Å²) in [5.41, 5.74) is 6.63. The van der Waals surface area contributed by atoms with Crippen LogP contribution in [0.2, 0.25) is 0 Å². The largest absolute Gasteiger partial charge is 0.461 e. The van der Waals surface area contributed by atoms with Crippen molar-refractivity contribution >= 4 is 43.4 Å². The van der Waals surface area contributed by atoms with Gasteiger partial charge in [-0.2, -0.15) is 12.9 Å². The third-order valence-corrected chi connectivity index (χ3v) is 4.95. The number of hydrogen-bond donors (Lipinski definition) is 1. The smallest absolute Gasteiger partial charge is 0.309 e. The molecule has 4 heterocycles. The number of anilines is 1. The van der Waals surface area contributed by atoms with E-state index in [0.717, 1.165) is 17.6 Å².